The number of carbonyl (C=O) groups excluding carboxylic acids is 2. The maximum atomic E-state index is 11.9. The average molecular weight is 284 g/mol. The molecule has 5 nitrogen and oxygen atoms in total. The van der Waals surface area contributed by atoms with Crippen molar-refractivity contribution < 1.29 is 14.3 Å². The van der Waals surface area contributed by atoms with Crippen LogP contribution in [0.5, 0.6) is 0 Å². The molecule has 0 aromatic heterocycles. The van der Waals surface area contributed by atoms with E-state index in [2.05, 4.69) is 19.2 Å². The number of methoxy groups -OCH3 is 1. The molecule has 0 bridgehead atoms. The van der Waals surface area contributed by atoms with Crippen LogP contribution in [0.25, 0.3) is 0 Å². The van der Waals surface area contributed by atoms with Crippen molar-refractivity contribution in [1.29, 1.82) is 0 Å². The van der Waals surface area contributed by atoms with E-state index < -0.39 is 0 Å². The standard InChI is InChI=1S/C15H28N2O3/c1-5-14(18)17-9-12(7-15(19)20-4)6-13(10-17)16-8-11(2)3/h11-13,16H,5-10H2,1-4H3. The van der Waals surface area contributed by atoms with Crippen molar-refractivity contribution >= 4 is 11.9 Å². The molecule has 0 saturated carbocycles. The molecule has 1 saturated heterocycles. The molecule has 116 valence electrons. The van der Waals surface area contributed by atoms with Gasteiger partial charge in [0.05, 0.1) is 13.5 Å². The first kappa shape index (κ1) is 17.0. The molecule has 1 aliphatic heterocycles. The van der Waals surface area contributed by atoms with Gasteiger partial charge in [-0.25, -0.2) is 0 Å². The van der Waals surface area contributed by atoms with Crippen LogP contribution in [0.3, 0.4) is 0 Å². The van der Waals surface area contributed by atoms with E-state index in [0.29, 0.717) is 25.3 Å². The summed E-state index contributed by atoms with van der Waals surface area (Å²) in [6, 6.07) is 0.274. The van der Waals surface area contributed by atoms with Gasteiger partial charge in [-0.15, -0.1) is 0 Å². The molecule has 1 amide bonds. The number of esters is 1. The third kappa shape index (κ3) is 5.49. The lowest BCUT2D eigenvalue weighted by atomic mass is 9.91. The Bertz CT molecular complexity index is 331. The van der Waals surface area contributed by atoms with Crippen LogP contribution < -0.4 is 5.32 Å². The number of ether oxygens (including phenoxy) is 1. The molecule has 0 radical (unpaired) electrons. The van der Waals surface area contributed by atoms with Gasteiger partial charge in [-0.3, -0.25) is 9.59 Å². The molecule has 1 fully saturated rings. The Kier molecular flexibility index (Phi) is 6.99. The van der Waals surface area contributed by atoms with Crippen LogP contribution in [0.2, 0.25) is 0 Å². The van der Waals surface area contributed by atoms with Crippen LogP contribution in [-0.2, 0) is 14.3 Å². The maximum Gasteiger partial charge on any atom is 0.305 e. The van der Waals surface area contributed by atoms with Crippen LogP contribution >= 0.6 is 0 Å². The first-order chi connectivity index (χ1) is 9.46. The number of carbonyl (C=O) groups is 2. The molecular weight excluding hydrogens is 256 g/mol. The van der Waals surface area contributed by atoms with E-state index in [9.17, 15) is 9.59 Å². The van der Waals surface area contributed by atoms with Crippen LogP contribution in [-0.4, -0.2) is 49.6 Å². The molecule has 20 heavy (non-hydrogen) atoms. The number of rotatable bonds is 6. The van der Waals surface area contributed by atoms with E-state index in [4.69, 9.17) is 4.74 Å². The molecule has 0 aromatic carbocycles. The highest BCUT2D eigenvalue weighted by molar-refractivity contribution is 5.76. The van der Waals surface area contributed by atoms with E-state index in [-0.39, 0.29) is 23.8 Å². The minimum Gasteiger partial charge on any atom is -0.469 e. The van der Waals surface area contributed by atoms with E-state index in [1.807, 2.05) is 11.8 Å². The van der Waals surface area contributed by atoms with E-state index in [1.54, 1.807) is 0 Å². The summed E-state index contributed by atoms with van der Waals surface area (Å²) in [6.07, 6.45) is 1.83. The first-order valence-corrected chi connectivity index (χ1v) is 7.54. The van der Waals surface area contributed by atoms with Crippen molar-refractivity contribution in [2.45, 2.75) is 46.1 Å². The normalized spacial score (nSPS) is 22.9. The van der Waals surface area contributed by atoms with Crippen molar-refractivity contribution in [2.75, 3.05) is 26.7 Å². The second-order valence-electron chi connectivity index (χ2n) is 6.03. The maximum absolute atomic E-state index is 11.9. The van der Waals surface area contributed by atoms with Crippen molar-refractivity contribution in [1.82, 2.24) is 10.2 Å². The predicted molar refractivity (Wildman–Crippen MR) is 78.2 cm³/mol. The summed E-state index contributed by atoms with van der Waals surface area (Å²) < 4.78 is 4.75. The third-order valence-electron chi connectivity index (χ3n) is 3.69. The Morgan fingerprint density at radius 1 is 1.35 bits per heavy atom. The highest BCUT2D eigenvalue weighted by atomic mass is 16.5. The monoisotopic (exact) mass is 284 g/mol. The summed E-state index contributed by atoms with van der Waals surface area (Å²) in [4.78, 5) is 25.3. The van der Waals surface area contributed by atoms with Gasteiger partial charge < -0.3 is 15.0 Å². The molecule has 2 unspecified atom stereocenters. The Morgan fingerprint density at radius 2 is 2.05 bits per heavy atom. The van der Waals surface area contributed by atoms with Gasteiger partial charge in [0.1, 0.15) is 0 Å². The molecule has 0 aliphatic carbocycles. The number of amides is 1. The van der Waals surface area contributed by atoms with Crippen LogP contribution in [0, 0.1) is 11.8 Å². The number of nitrogens with zero attached hydrogens (tertiary/aromatic N) is 1. The van der Waals surface area contributed by atoms with Gasteiger partial charge in [0, 0.05) is 25.6 Å². The Balaban J connectivity index is 2.61. The highest BCUT2D eigenvalue weighted by Crippen LogP contribution is 2.21. The fraction of sp³-hybridized carbons (Fsp3) is 0.867. The minimum atomic E-state index is -0.191. The second-order valence-corrected chi connectivity index (χ2v) is 6.03. The summed E-state index contributed by atoms with van der Waals surface area (Å²) in [5.74, 6) is 0.738. The van der Waals surface area contributed by atoms with Gasteiger partial charge in [-0.05, 0) is 24.8 Å². The minimum absolute atomic E-state index is 0.163. The number of likely N-dealkylation sites (tertiary alicyclic amines) is 1. The molecule has 0 spiro atoms. The van der Waals surface area contributed by atoms with E-state index in [1.165, 1.54) is 7.11 Å². The molecular formula is C15H28N2O3. The molecule has 1 N–H and O–H groups in total. The SMILES string of the molecule is CCC(=O)N1CC(CC(=O)OC)CC(NCC(C)C)C1. The average Bonchev–Trinajstić information content (AvgIpc) is 2.43. The highest BCUT2D eigenvalue weighted by Gasteiger charge is 2.30. The van der Waals surface area contributed by atoms with Crippen molar-refractivity contribution in [3.05, 3.63) is 0 Å². The lowest BCUT2D eigenvalue weighted by molar-refractivity contribution is -0.143. The summed E-state index contributed by atoms with van der Waals surface area (Å²) in [6.45, 7) is 8.55. The van der Waals surface area contributed by atoms with Gasteiger partial charge >= 0.3 is 5.97 Å². The summed E-state index contributed by atoms with van der Waals surface area (Å²) >= 11 is 0. The summed E-state index contributed by atoms with van der Waals surface area (Å²) in [5.41, 5.74) is 0. The predicted octanol–water partition coefficient (Wildman–Crippen LogP) is 1.42. The second kappa shape index (κ2) is 8.25. The quantitative estimate of drug-likeness (QED) is 0.750. The topological polar surface area (TPSA) is 58.6 Å². The molecule has 1 aliphatic rings. The number of nitrogens with one attached hydrogen (secondary N) is 1. The first-order valence-electron chi connectivity index (χ1n) is 7.54. The van der Waals surface area contributed by atoms with Gasteiger partial charge in [-0.2, -0.15) is 0 Å². The van der Waals surface area contributed by atoms with Gasteiger partial charge in [-0.1, -0.05) is 20.8 Å². The van der Waals surface area contributed by atoms with Crippen molar-refractivity contribution in [3.63, 3.8) is 0 Å². The van der Waals surface area contributed by atoms with Gasteiger partial charge in [0.15, 0.2) is 0 Å². The zero-order chi connectivity index (χ0) is 15.1. The molecule has 1 heterocycles. The molecule has 2 atom stereocenters. The Labute approximate surface area is 122 Å². The number of hydrogen-bond donors (Lipinski definition) is 1. The van der Waals surface area contributed by atoms with E-state index >= 15 is 0 Å². The molecule has 5 heteroatoms. The Hall–Kier alpha value is -1.10. The van der Waals surface area contributed by atoms with Crippen molar-refractivity contribution in [3.8, 4) is 0 Å². The lowest BCUT2D eigenvalue weighted by Gasteiger charge is -2.38. The fourth-order valence-corrected chi connectivity index (χ4v) is 2.65. The largest absolute Gasteiger partial charge is 0.469 e. The van der Waals surface area contributed by atoms with Crippen LogP contribution in [0.4, 0.5) is 0 Å². The zero-order valence-corrected chi connectivity index (χ0v) is 13.1. The van der Waals surface area contributed by atoms with Crippen LogP contribution in [0.15, 0.2) is 0 Å². The fourth-order valence-electron chi connectivity index (χ4n) is 2.65. The summed E-state index contributed by atoms with van der Waals surface area (Å²) in [5, 5.41) is 3.51. The molecule has 1 rings (SSSR count). The smallest absolute Gasteiger partial charge is 0.305 e. The number of hydrogen-bond acceptors (Lipinski definition) is 4. The zero-order valence-electron chi connectivity index (χ0n) is 13.1. The van der Waals surface area contributed by atoms with Gasteiger partial charge in [0.2, 0.25) is 5.91 Å². The van der Waals surface area contributed by atoms with E-state index in [0.717, 1.165) is 19.5 Å². The Morgan fingerprint density at radius 3 is 2.60 bits per heavy atom. The number of piperidine rings is 1. The van der Waals surface area contributed by atoms with Crippen molar-refractivity contribution in [2.24, 2.45) is 11.8 Å². The lowest BCUT2D eigenvalue weighted by Crippen LogP contribution is -2.52. The van der Waals surface area contributed by atoms with Gasteiger partial charge in [0.25, 0.3) is 0 Å². The van der Waals surface area contributed by atoms with Crippen LogP contribution in [0.1, 0.15) is 40.0 Å². The molecule has 0 aromatic rings. The summed E-state index contributed by atoms with van der Waals surface area (Å²) in [7, 11) is 1.41. The third-order valence-corrected chi connectivity index (χ3v) is 3.69.